The number of pyridine rings is 1. The van der Waals surface area contributed by atoms with Crippen LogP contribution in [0.4, 0.5) is 0 Å². The van der Waals surface area contributed by atoms with Crippen LogP contribution in [0.1, 0.15) is 17.4 Å². The lowest BCUT2D eigenvalue weighted by Crippen LogP contribution is -2.32. The molecule has 3 N–H and O–H groups in total. The lowest BCUT2D eigenvalue weighted by atomic mass is 10.1. The number of amides is 1. The van der Waals surface area contributed by atoms with Crippen molar-refractivity contribution in [2.75, 3.05) is 6.54 Å². The van der Waals surface area contributed by atoms with Gasteiger partial charge in [-0.2, -0.15) is 0 Å². The van der Waals surface area contributed by atoms with E-state index < -0.39 is 17.8 Å². The first kappa shape index (κ1) is 13.8. The summed E-state index contributed by atoms with van der Waals surface area (Å²) in [5, 5.41) is 12.4. The molecule has 0 radical (unpaired) electrons. The van der Waals surface area contributed by atoms with Gasteiger partial charge in [0.25, 0.3) is 11.5 Å². The van der Waals surface area contributed by atoms with Gasteiger partial charge in [0.05, 0.1) is 5.92 Å². The number of hydrogen-bond acceptors (Lipinski definition) is 3. The molecular weight excluding hydrogens is 260 g/mol. The molecule has 6 heteroatoms. The predicted molar refractivity (Wildman–Crippen MR) is 73.7 cm³/mol. The van der Waals surface area contributed by atoms with Gasteiger partial charge in [0.1, 0.15) is 5.69 Å². The molecule has 2 aromatic rings. The summed E-state index contributed by atoms with van der Waals surface area (Å²) in [6, 6.07) is 8.49. The van der Waals surface area contributed by atoms with Gasteiger partial charge in [0, 0.05) is 11.9 Å². The van der Waals surface area contributed by atoms with Crippen LogP contribution in [0.2, 0.25) is 0 Å². The summed E-state index contributed by atoms with van der Waals surface area (Å²) in [5.41, 5.74) is -0.231. The highest BCUT2D eigenvalue weighted by Crippen LogP contribution is 2.09. The standard InChI is InChI=1S/C14H14N2O4/c1-8(14(19)20)7-15-13(18)11-6-9-4-2-3-5-10(9)12(17)16-11/h2-6,8H,7H2,1H3,(H,15,18)(H,16,17)(H,19,20). The van der Waals surface area contributed by atoms with Crippen molar-refractivity contribution < 1.29 is 14.7 Å². The van der Waals surface area contributed by atoms with Crippen molar-refractivity contribution in [3.05, 3.63) is 46.4 Å². The van der Waals surface area contributed by atoms with Gasteiger partial charge in [-0.05, 0) is 17.5 Å². The van der Waals surface area contributed by atoms with Gasteiger partial charge in [-0.15, -0.1) is 0 Å². The van der Waals surface area contributed by atoms with Gasteiger partial charge < -0.3 is 15.4 Å². The number of aromatic nitrogens is 1. The first-order valence-corrected chi connectivity index (χ1v) is 6.12. The Balaban J connectivity index is 2.23. The number of hydrogen-bond donors (Lipinski definition) is 3. The van der Waals surface area contributed by atoms with Crippen LogP contribution < -0.4 is 10.9 Å². The van der Waals surface area contributed by atoms with Crippen LogP contribution in [0.25, 0.3) is 10.8 Å². The summed E-state index contributed by atoms with van der Waals surface area (Å²) in [4.78, 5) is 36.9. The fourth-order valence-corrected chi connectivity index (χ4v) is 1.76. The molecule has 6 nitrogen and oxygen atoms in total. The molecule has 0 aliphatic heterocycles. The molecule has 0 saturated heterocycles. The van der Waals surface area contributed by atoms with Crippen molar-refractivity contribution in [2.24, 2.45) is 5.92 Å². The number of nitrogens with one attached hydrogen (secondary N) is 2. The van der Waals surface area contributed by atoms with Crippen LogP contribution >= 0.6 is 0 Å². The third-order valence-corrected chi connectivity index (χ3v) is 2.99. The fraction of sp³-hybridized carbons (Fsp3) is 0.214. The molecule has 20 heavy (non-hydrogen) atoms. The van der Waals surface area contributed by atoms with E-state index in [-0.39, 0.29) is 17.8 Å². The van der Waals surface area contributed by atoms with Crippen LogP contribution in [0, 0.1) is 5.92 Å². The minimum Gasteiger partial charge on any atom is -0.481 e. The van der Waals surface area contributed by atoms with Crippen LogP contribution in [0.3, 0.4) is 0 Å². The number of carboxylic acids is 1. The Morgan fingerprint density at radius 3 is 2.75 bits per heavy atom. The highest BCUT2D eigenvalue weighted by atomic mass is 16.4. The molecule has 0 fully saturated rings. The second-order valence-electron chi connectivity index (χ2n) is 4.55. The maximum atomic E-state index is 11.9. The van der Waals surface area contributed by atoms with Crippen molar-refractivity contribution in [3.8, 4) is 0 Å². The van der Waals surface area contributed by atoms with Crippen LogP contribution in [0.5, 0.6) is 0 Å². The summed E-state index contributed by atoms with van der Waals surface area (Å²) in [6.07, 6.45) is 0. The Morgan fingerprint density at radius 1 is 1.35 bits per heavy atom. The number of aromatic amines is 1. The van der Waals surface area contributed by atoms with Crippen LogP contribution in [-0.2, 0) is 4.79 Å². The van der Waals surface area contributed by atoms with E-state index in [1.165, 1.54) is 6.92 Å². The average molecular weight is 274 g/mol. The smallest absolute Gasteiger partial charge is 0.308 e. The molecule has 0 saturated carbocycles. The highest BCUT2D eigenvalue weighted by molar-refractivity contribution is 5.96. The van der Waals surface area contributed by atoms with E-state index in [1.54, 1.807) is 30.3 Å². The Kier molecular flexibility index (Phi) is 3.84. The number of fused-ring (bicyclic) bond motifs is 1. The summed E-state index contributed by atoms with van der Waals surface area (Å²) < 4.78 is 0. The number of carbonyl (C=O) groups excluding carboxylic acids is 1. The number of aliphatic carboxylic acids is 1. The molecule has 1 atom stereocenters. The van der Waals surface area contributed by atoms with E-state index >= 15 is 0 Å². The Hall–Kier alpha value is -2.63. The van der Waals surface area contributed by atoms with Crippen molar-refractivity contribution in [1.29, 1.82) is 0 Å². The molecule has 0 spiro atoms. The Labute approximate surface area is 114 Å². The zero-order chi connectivity index (χ0) is 14.7. The van der Waals surface area contributed by atoms with Crippen LogP contribution in [0.15, 0.2) is 35.1 Å². The van der Waals surface area contributed by atoms with Gasteiger partial charge in [-0.1, -0.05) is 25.1 Å². The second kappa shape index (κ2) is 5.56. The summed E-state index contributed by atoms with van der Waals surface area (Å²) in [6.45, 7) is 1.49. The second-order valence-corrected chi connectivity index (χ2v) is 4.55. The lowest BCUT2D eigenvalue weighted by molar-refractivity contribution is -0.140. The largest absolute Gasteiger partial charge is 0.481 e. The van der Waals surface area contributed by atoms with Crippen molar-refractivity contribution in [3.63, 3.8) is 0 Å². The number of rotatable bonds is 4. The van der Waals surface area contributed by atoms with Gasteiger partial charge in [0.15, 0.2) is 0 Å². The maximum Gasteiger partial charge on any atom is 0.308 e. The molecule has 1 heterocycles. The molecule has 1 amide bonds. The predicted octanol–water partition coefficient (Wildman–Crippen LogP) is 0.979. The quantitative estimate of drug-likeness (QED) is 0.773. The van der Waals surface area contributed by atoms with Crippen molar-refractivity contribution in [2.45, 2.75) is 6.92 Å². The van der Waals surface area contributed by atoms with Gasteiger partial charge in [-0.25, -0.2) is 0 Å². The third-order valence-electron chi connectivity index (χ3n) is 2.99. The Morgan fingerprint density at radius 2 is 2.05 bits per heavy atom. The average Bonchev–Trinajstić information content (AvgIpc) is 2.44. The lowest BCUT2D eigenvalue weighted by Gasteiger charge is -2.08. The van der Waals surface area contributed by atoms with E-state index in [0.29, 0.717) is 10.8 Å². The van der Waals surface area contributed by atoms with Gasteiger partial charge in [0.2, 0.25) is 0 Å². The molecule has 104 valence electrons. The SMILES string of the molecule is CC(CNC(=O)c1cc2ccccc2c(=O)[nH]1)C(=O)O. The number of benzene rings is 1. The van der Waals surface area contributed by atoms with Crippen LogP contribution in [-0.4, -0.2) is 28.5 Å². The maximum absolute atomic E-state index is 11.9. The topological polar surface area (TPSA) is 99.3 Å². The zero-order valence-corrected chi connectivity index (χ0v) is 10.8. The number of carbonyl (C=O) groups is 2. The molecule has 1 aromatic carbocycles. The Bertz CT molecular complexity index is 720. The van der Waals surface area contributed by atoms with E-state index in [0.717, 1.165) is 0 Å². The molecule has 1 unspecified atom stereocenters. The fourth-order valence-electron chi connectivity index (χ4n) is 1.76. The number of carboxylic acid groups (broad SMARTS) is 1. The van der Waals surface area contributed by atoms with E-state index in [4.69, 9.17) is 5.11 Å². The first-order valence-electron chi connectivity index (χ1n) is 6.12. The number of H-pyrrole nitrogens is 1. The van der Waals surface area contributed by atoms with E-state index in [2.05, 4.69) is 10.3 Å². The summed E-state index contributed by atoms with van der Waals surface area (Å²) in [7, 11) is 0. The molecule has 0 aliphatic rings. The molecule has 0 aliphatic carbocycles. The normalized spacial score (nSPS) is 12.1. The first-order chi connectivity index (χ1) is 9.49. The highest BCUT2D eigenvalue weighted by Gasteiger charge is 2.14. The molecule has 2 rings (SSSR count). The minimum atomic E-state index is -0.989. The van der Waals surface area contributed by atoms with Crippen molar-refractivity contribution in [1.82, 2.24) is 10.3 Å². The van der Waals surface area contributed by atoms with Crippen molar-refractivity contribution >= 4 is 22.6 Å². The molecule has 0 bridgehead atoms. The monoisotopic (exact) mass is 274 g/mol. The summed E-state index contributed by atoms with van der Waals surface area (Å²) in [5.74, 6) is -2.18. The molecule has 1 aromatic heterocycles. The van der Waals surface area contributed by atoms with E-state index in [9.17, 15) is 14.4 Å². The van der Waals surface area contributed by atoms with E-state index in [1.807, 2.05) is 0 Å². The van der Waals surface area contributed by atoms with Gasteiger partial charge in [-0.3, -0.25) is 14.4 Å². The third kappa shape index (κ3) is 2.85. The zero-order valence-electron chi connectivity index (χ0n) is 10.8. The molecular formula is C14H14N2O4. The van der Waals surface area contributed by atoms with Gasteiger partial charge >= 0.3 is 5.97 Å². The summed E-state index contributed by atoms with van der Waals surface area (Å²) >= 11 is 0. The minimum absolute atomic E-state index is 0.00300.